The molecule has 1 aromatic heterocycles. The maximum absolute atomic E-state index is 5.67. The van der Waals surface area contributed by atoms with E-state index in [1.54, 1.807) is 7.11 Å². The number of benzene rings is 1. The van der Waals surface area contributed by atoms with Gasteiger partial charge >= 0.3 is 0 Å². The Morgan fingerprint density at radius 2 is 1.82 bits per heavy atom. The molecule has 2 aromatic rings. The molecule has 33 heavy (non-hydrogen) atoms. The lowest BCUT2D eigenvalue weighted by Gasteiger charge is -2.38. The molecule has 0 bridgehead atoms. The monoisotopic (exact) mass is 570 g/mol. The van der Waals surface area contributed by atoms with Crippen LogP contribution in [0.3, 0.4) is 0 Å². The third-order valence-corrected chi connectivity index (χ3v) is 6.46. The molecule has 1 aliphatic rings. The number of hydrogen-bond donors (Lipinski definition) is 2. The normalized spacial score (nSPS) is 15.7. The predicted molar refractivity (Wildman–Crippen MR) is 143 cm³/mol. The standard InChI is InChI=1S/C25H38N4O3.HI/c1-5-19(6-2)23-16-22(32-29-23)17-27-24(26-7-3)28-18-25(12-14-31-15-13-25)20-8-10-21(30-4)11-9-20;/h8-11,16,19H,5-7,12-15,17-18H2,1-4H3,(H2,26,27,28);1H. The quantitative estimate of drug-likeness (QED) is 0.238. The predicted octanol–water partition coefficient (Wildman–Crippen LogP) is 5.01. The summed E-state index contributed by atoms with van der Waals surface area (Å²) < 4.78 is 16.6. The van der Waals surface area contributed by atoms with E-state index in [1.165, 1.54) is 5.56 Å². The highest BCUT2D eigenvalue weighted by Gasteiger charge is 2.34. The van der Waals surface area contributed by atoms with Crippen molar-refractivity contribution >= 4 is 29.9 Å². The molecule has 0 saturated carbocycles. The van der Waals surface area contributed by atoms with Crippen LogP contribution in [-0.4, -0.2) is 44.5 Å². The van der Waals surface area contributed by atoms with Crippen LogP contribution in [0.15, 0.2) is 39.8 Å². The lowest BCUT2D eigenvalue weighted by atomic mass is 9.74. The Balaban J connectivity index is 0.00000385. The molecule has 0 spiro atoms. The summed E-state index contributed by atoms with van der Waals surface area (Å²) in [4.78, 5) is 4.75. The Morgan fingerprint density at radius 1 is 1.12 bits per heavy atom. The molecule has 0 radical (unpaired) electrons. The molecule has 0 amide bonds. The number of nitrogens with one attached hydrogen (secondary N) is 2. The summed E-state index contributed by atoms with van der Waals surface area (Å²) in [7, 11) is 1.70. The van der Waals surface area contributed by atoms with Crippen LogP contribution in [0.4, 0.5) is 0 Å². The maximum Gasteiger partial charge on any atom is 0.191 e. The van der Waals surface area contributed by atoms with Gasteiger partial charge < -0.3 is 24.6 Å². The van der Waals surface area contributed by atoms with Crippen molar-refractivity contribution in [1.82, 2.24) is 15.8 Å². The van der Waals surface area contributed by atoms with Gasteiger partial charge in [-0.25, -0.2) is 4.99 Å². The summed E-state index contributed by atoms with van der Waals surface area (Å²) in [5.74, 6) is 2.90. The van der Waals surface area contributed by atoms with Gasteiger partial charge in [0.1, 0.15) is 12.3 Å². The summed E-state index contributed by atoms with van der Waals surface area (Å²) >= 11 is 0. The second-order valence-electron chi connectivity index (χ2n) is 8.40. The topological polar surface area (TPSA) is 80.9 Å². The molecule has 0 aliphatic carbocycles. The first-order valence-electron chi connectivity index (χ1n) is 11.8. The number of methoxy groups -OCH3 is 1. The second-order valence-corrected chi connectivity index (χ2v) is 8.40. The van der Waals surface area contributed by atoms with E-state index in [-0.39, 0.29) is 29.4 Å². The van der Waals surface area contributed by atoms with E-state index >= 15 is 0 Å². The Hall–Kier alpha value is -1.81. The third kappa shape index (κ3) is 7.34. The van der Waals surface area contributed by atoms with Crippen LogP contribution >= 0.6 is 24.0 Å². The summed E-state index contributed by atoms with van der Waals surface area (Å²) in [6.07, 6.45) is 4.05. The van der Waals surface area contributed by atoms with E-state index in [9.17, 15) is 0 Å². The number of halogens is 1. The van der Waals surface area contributed by atoms with E-state index in [4.69, 9.17) is 19.0 Å². The molecule has 184 valence electrons. The molecule has 7 nitrogen and oxygen atoms in total. The summed E-state index contributed by atoms with van der Waals surface area (Å²) in [5, 5.41) is 11.2. The van der Waals surface area contributed by atoms with Gasteiger partial charge in [0.25, 0.3) is 0 Å². The lowest BCUT2D eigenvalue weighted by molar-refractivity contribution is 0.0513. The molecule has 1 aromatic carbocycles. The average molecular weight is 571 g/mol. The van der Waals surface area contributed by atoms with Gasteiger partial charge in [-0.2, -0.15) is 0 Å². The molecule has 0 atom stereocenters. The fourth-order valence-corrected chi connectivity index (χ4v) is 4.33. The number of guanidine groups is 1. The SMILES string of the molecule is CCNC(=NCc1cc(C(CC)CC)no1)NCC1(c2ccc(OC)cc2)CCOCC1.I. The Bertz CT molecular complexity index is 844. The van der Waals surface area contributed by atoms with Crippen molar-refractivity contribution in [2.45, 2.75) is 64.3 Å². The molecule has 0 unspecified atom stereocenters. The number of hydrogen-bond acceptors (Lipinski definition) is 5. The zero-order chi connectivity index (χ0) is 22.8. The van der Waals surface area contributed by atoms with Gasteiger partial charge in [-0.15, -0.1) is 24.0 Å². The van der Waals surface area contributed by atoms with Gasteiger partial charge in [0, 0.05) is 43.7 Å². The highest BCUT2D eigenvalue weighted by atomic mass is 127. The number of aromatic nitrogens is 1. The fraction of sp³-hybridized carbons (Fsp3) is 0.600. The molecule has 8 heteroatoms. The van der Waals surface area contributed by atoms with Crippen LogP contribution in [0.1, 0.15) is 69.4 Å². The van der Waals surface area contributed by atoms with Crippen molar-refractivity contribution in [2.24, 2.45) is 4.99 Å². The van der Waals surface area contributed by atoms with Crippen molar-refractivity contribution in [3.8, 4) is 5.75 Å². The second kappa shape index (κ2) is 13.8. The van der Waals surface area contributed by atoms with E-state index in [2.05, 4.69) is 48.7 Å². The van der Waals surface area contributed by atoms with Crippen LogP contribution in [0, 0.1) is 0 Å². The fourth-order valence-electron chi connectivity index (χ4n) is 4.33. The molecule has 1 fully saturated rings. The number of nitrogens with zero attached hydrogens (tertiary/aromatic N) is 2. The maximum atomic E-state index is 5.67. The minimum Gasteiger partial charge on any atom is -0.497 e. The van der Waals surface area contributed by atoms with Gasteiger partial charge in [-0.3, -0.25) is 0 Å². The van der Waals surface area contributed by atoms with Crippen molar-refractivity contribution in [3.63, 3.8) is 0 Å². The van der Waals surface area contributed by atoms with Crippen molar-refractivity contribution in [3.05, 3.63) is 47.3 Å². The number of rotatable bonds is 10. The molecular weight excluding hydrogens is 531 g/mol. The van der Waals surface area contributed by atoms with Gasteiger partial charge in [0.15, 0.2) is 11.7 Å². The number of ether oxygens (including phenoxy) is 2. The van der Waals surface area contributed by atoms with Gasteiger partial charge in [-0.05, 0) is 50.3 Å². The Kier molecular flexibility index (Phi) is 11.5. The largest absolute Gasteiger partial charge is 0.497 e. The van der Waals surface area contributed by atoms with Crippen LogP contribution in [0.5, 0.6) is 5.75 Å². The Labute approximate surface area is 215 Å². The van der Waals surface area contributed by atoms with Crippen LogP contribution in [0.25, 0.3) is 0 Å². The molecular formula is C25H39IN4O3. The molecule has 3 rings (SSSR count). The van der Waals surface area contributed by atoms with Gasteiger partial charge in [-0.1, -0.05) is 31.1 Å². The summed E-state index contributed by atoms with van der Waals surface area (Å²) in [6.45, 7) is 10.00. The summed E-state index contributed by atoms with van der Waals surface area (Å²) in [6, 6.07) is 10.5. The first kappa shape index (κ1) is 27.4. The lowest BCUT2D eigenvalue weighted by Crippen LogP contribution is -2.48. The van der Waals surface area contributed by atoms with E-state index in [0.717, 1.165) is 75.1 Å². The number of aliphatic imine (C=N–C) groups is 1. The molecule has 1 aliphatic heterocycles. The van der Waals surface area contributed by atoms with Crippen molar-refractivity contribution < 1.29 is 14.0 Å². The van der Waals surface area contributed by atoms with E-state index in [0.29, 0.717) is 12.5 Å². The molecule has 2 heterocycles. The zero-order valence-corrected chi connectivity index (χ0v) is 22.7. The highest BCUT2D eigenvalue weighted by Crippen LogP contribution is 2.35. The Morgan fingerprint density at radius 3 is 2.42 bits per heavy atom. The average Bonchev–Trinajstić information content (AvgIpc) is 3.31. The van der Waals surface area contributed by atoms with E-state index in [1.807, 2.05) is 18.2 Å². The smallest absolute Gasteiger partial charge is 0.191 e. The van der Waals surface area contributed by atoms with Crippen LogP contribution in [0.2, 0.25) is 0 Å². The van der Waals surface area contributed by atoms with Gasteiger partial charge in [0.2, 0.25) is 0 Å². The molecule has 2 N–H and O–H groups in total. The van der Waals surface area contributed by atoms with Crippen LogP contribution in [-0.2, 0) is 16.7 Å². The summed E-state index contributed by atoms with van der Waals surface area (Å²) in [5.41, 5.74) is 2.32. The minimum absolute atomic E-state index is 0. The van der Waals surface area contributed by atoms with E-state index < -0.39 is 0 Å². The first-order valence-corrected chi connectivity index (χ1v) is 11.8. The van der Waals surface area contributed by atoms with Crippen molar-refractivity contribution in [1.29, 1.82) is 0 Å². The van der Waals surface area contributed by atoms with Crippen LogP contribution < -0.4 is 15.4 Å². The highest BCUT2D eigenvalue weighted by molar-refractivity contribution is 14.0. The van der Waals surface area contributed by atoms with Crippen molar-refractivity contribution in [2.75, 3.05) is 33.4 Å². The van der Waals surface area contributed by atoms with Gasteiger partial charge in [0.05, 0.1) is 12.8 Å². The third-order valence-electron chi connectivity index (χ3n) is 6.46. The molecule has 1 saturated heterocycles. The zero-order valence-electron chi connectivity index (χ0n) is 20.4. The first-order chi connectivity index (χ1) is 15.6. The minimum atomic E-state index is -0.00437.